The molecule has 2 aromatic heterocycles. The smallest absolute Gasteiger partial charge is 0.257 e. The Kier molecular flexibility index (Phi) is 4.42. The molecule has 0 saturated carbocycles. The van der Waals surface area contributed by atoms with Crippen LogP contribution in [0.5, 0.6) is 0 Å². The Hall–Kier alpha value is -2.37. The van der Waals surface area contributed by atoms with E-state index >= 15 is 0 Å². The number of rotatable bonds is 3. The van der Waals surface area contributed by atoms with Gasteiger partial charge in [0.05, 0.1) is 17.3 Å². The lowest BCUT2D eigenvalue weighted by atomic mass is 9.96. The minimum absolute atomic E-state index is 0.0432. The van der Waals surface area contributed by atoms with Crippen LogP contribution in [0.4, 0.5) is 5.95 Å². The minimum Gasteiger partial charge on any atom is -0.348 e. The van der Waals surface area contributed by atoms with Crippen molar-refractivity contribution in [2.45, 2.75) is 46.2 Å². The second-order valence-corrected chi connectivity index (χ2v) is 7.68. The largest absolute Gasteiger partial charge is 0.348 e. The van der Waals surface area contributed by atoms with Crippen LogP contribution in [0.25, 0.3) is 0 Å². The average Bonchev–Trinajstić information content (AvgIpc) is 3.31. The van der Waals surface area contributed by atoms with Crippen LogP contribution in [0.3, 0.4) is 0 Å². The second kappa shape index (κ2) is 6.74. The van der Waals surface area contributed by atoms with Gasteiger partial charge >= 0.3 is 0 Å². The van der Waals surface area contributed by atoms with Crippen molar-refractivity contribution in [3.63, 3.8) is 0 Å². The Labute approximate surface area is 154 Å². The summed E-state index contributed by atoms with van der Waals surface area (Å²) in [4.78, 5) is 26.7. The van der Waals surface area contributed by atoms with Crippen molar-refractivity contribution in [2.24, 2.45) is 5.92 Å². The molecule has 1 fully saturated rings. The summed E-state index contributed by atoms with van der Waals surface area (Å²) in [5, 5.41) is 0. The molecule has 0 N–H and O–H groups in total. The summed E-state index contributed by atoms with van der Waals surface area (Å²) in [7, 11) is 0. The highest BCUT2D eigenvalue weighted by Crippen LogP contribution is 2.33. The fraction of sp³-hybridized carbons (Fsp3) is 0.550. The molecule has 1 amide bonds. The fourth-order valence-corrected chi connectivity index (χ4v) is 4.23. The molecule has 1 atom stereocenters. The summed E-state index contributed by atoms with van der Waals surface area (Å²) in [5.74, 6) is 1.14. The van der Waals surface area contributed by atoms with Gasteiger partial charge in [-0.25, -0.2) is 9.97 Å². The molecule has 4 rings (SSSR count). The van der Waals surface area contributed by atoms with Crippen molar-refractivity contribution in [1.82, 2.24) is 19.4 Å². The van der Waals surface area contributed by atoms with Crippen molar-refractivity contribution >= 4 is 11.9 Å². The van der Waals surface area contributed by atoms with Crippen molar-refractivity contribution in [3.05, 3.63) is 41.5 Å². The van der Waals surface area contributed by atoms with E-state index in [4.69, 9.17) is 0 Å². The third kappa shape index (κ3) is 2.87. The summed E-state index contributed by atoms with van der Waals surface area (Å²) in [6.45, 7) is 9.84. The average molecular weight is 353 g/mol. The third-order valence-electron chi connectivity index (χ3n) is 5.56. The molecule has 0 bridgehead atoms. The first-order chi connectivity index (χ1) is 12.6. The molecule has 0 aromatic carbocycles. The van der Waals surface area contributed by atoms with Gasteiger partial charge in [0.1, 0.15) is 0 Å². The third-order valence-corrected chi connectivity index (χ3v) is 5.56. The van der Waals surface area contributed by atoms with E-state index in [1.54, 1.807) is 6.20 Å². The van der Waals surface area contributed by atoms with Gasteiger partial charge in [-0.2, -0.15) is 0 Å². The monoisotopic (exact) mass is 353 g/mol. The highest BCUT2D eigenvalue weighted by atomic mass is 16.2. The van der Waals surface area contributed by atoms with Crippen LogP contribution < -0.4 is 4.90 Å². The molecule has 4 heterocycles. The van der Waals surface area contributed by atoms with Crippen LogP contribution >= 0.6 is 0 Å². The molecule has 0 aliphatic carbocycles. The number of nitrogens with zero attached hydrogens (tertiary/aromatic N) is 5. The van der Waals surface area contributed by atoms with E-state index in [0.29, 0.717) is 11.5 Å². The summed E-state index contributed by atoms with van der Waals surface area (Å²) < 4.78 is 2.26. The zero-order chi connectivity index (χ0) is 18.3. The van der Waals surface area contributed by atoms with Crippen molar-refractivity contribution in [2.75, 3.05) is 24.5 Å². The van der Waals surface area contributed by atoms with E-state index in [1.807, 2.05) is 11.8 Å². The first-order valence-corrected chi connectivity index (χ1v) is 9.61. The number of carbonyl (C=O) groups is 1. The number of aryl methyl sites for hydroxylation is 1. The fourth-order valence-electron chi connectivity index (χ4n) is 4.23. The van der Waals surface area contributed by atoms with Crippen LogP contribution in [-0.2, 0) is 6.54 Å². The number of amides is 1. The summed E-state index contributed by atoms with van der Waals surface area (Å²) in [6.07, 6.45) is 6.20. The molecule has 138 valence electrons. The van der Waals surface area contributed by atoms with Gasteiger partial charge in [-0.3, -0.25) is 4.79 Å². The van der Waals surface area contributed by atoms with E-state index < -0.39 is 0 Å². The lowest BCUT2D eigenvalue weighted by molar-refractivity contribution is 0.0554. The van der Waals surface area contributed by atoms with Gasteiger partial charge in [-0.05, 0) is 37.8 Å². The summed E-state index contributed by atoms with van der Waals surface area (Å²) in [5.41, 5.74) is 2.61. The lowest BCUT2D eigenvalue weighted by Gasteiger charge is -2.39. The first-order valence-electron chi connectivity index (χ1n) is 9.61. The number of hydrogen-bond acceptors (Lipinski definition) is 4. The Morgan fingerprint density at radius 2 is 1.96 bits per heavy atom. The SMILES string of the molecule is Cc1nc(N2CCCC2)ncc1C(=O)N1CCn2cccc2[C@@H]1C(C)C. The Bertz CT molecular complexity index is 806. The zero-order valence-corrected chi connectivity index (χ0v) is 15.9. The summed E-state index contributed by atoms with van der Waals surface area (Å²) >= 11 is 0. The predicted octanol–water partition coefficient (Wildman–Crippen LogP) is 3.04. The molecule has 26 heavy (non-hydrogen) atoms. The topological polar surface area (TPSA) is 54.3 Å². The van der Waals surface area contributed by atoms with Crippen LogP contribution in [0.1, 0.15) is 54.5 Å². The normalized spacial score (nSPS) is 19.9. The van der Waals surface area contributed by atoms with Gasteiger partial charge in [-0.1, -0.05) is 13.8 Å². The minimum atomic E-state index is 0.0432. The molecule has 0 unspecified atom stereocenters. The summed E-state index contributed by atoms with van der Waals surface area (Å²) in [6, 6.07) is 4.28. The lowest BCUT2D eigenvalue weighted by Crippen LogP contribution is -2.44. The Morgan fingerprint density at radius 1 is 1.19 bits per heavy atom. The number of carbonyl (C=O) groups excluding carboxylic acids is 1. The Balaban J connectivity index is 1.62. The van der Waals surface area contributed by atoms with Gasteiger partial charge in [0.2, 0.25) is 5.95 Å². The molecule has 6 nitrogen and oxygen atoms in total. The molecule has 2 aromatic rings. The molecular weight excluding hydrogens is 326 g/mol. The highest BCUT2D eigenvalue weighted by molar-refractivity contribution is 5.95. The number of fused-ring (bicyclic) bond motifs is 1. The van der Waals surface area contributed by atoms with E-state index in [-0.39, 0.29) is 11.9 Å². The van der Waals surface area contributed by atoms with Gasteiger partial charge in [0.15, 0.2) is 0 Å². The van der Waals surface area contributed by atoms with E-state index in [9.17, 15) is 4.79 Å². The maximum Gasteiger partial charge on any atom is 0.257 e. The van der Waals surface area contributed by atoms with Gasteiger partial charge in [0.25, 0.3) is 5.91 Å². The van der Waals surface area contributed by atoms with Gasteiger partial charge < -0.3 is 14.4 Å². The maximum atomic E-state index is 13.3. The predicted molar refractivity (Wildman–Crippen MR) is 101 cm³/mol. The molecule has 6 heteroatoms. The molecular formula is C20H27N5O. The Morgan fingerprint density at radius 3 is 2.65 bits per heavy atom. The van der Waals surface area contributed by atoms with Crippen molar-refractivity contribution in [1.29, 1.82) is 0 Å². The van der Waals surface area contributed by atoms with Crippen LogP contribution in [0, 0.1) is 12.8 Å². The van der Waals surface area contributed by atoms with E-state index in [0.717, 1.165) is 37.8 Å². The number of aromatic nitrogens is 3. The molecule has 2 aliphatic heterocycles. The van der Waals surface area contributed by atoms with Crippen molar-refractivity contribution in [3.8, 4) is 0 Å². The van der Waals surface area contributed by atoms with Gasteiger partial charge in [0, 0.05) is 44.3 Å². The van der Waals surface area contributed by atoms with E-state index in [1.165, 1.54) is 18.5 Å². The quantitative estimate of drug-likeness (QED) is 0.851. The first kappa shape index (κ1) is 17.1. The number of anilines is 1. The van der Waals surface area contributed by atoms with Gasteiger partial charge in [-0.15, -0.1) is 0 Å². The van der Waals surface area contributed by atoms with E-state index in [2.05, 4.69) is 51.6 Å². The zero-order valence-electron chi connectivity index (χ0n) is 15.9. The molecule has 1 saturated heterocycles. The second-order valence-electron chi connectivity index (χ2n) is 7.68. The molecule has 0 spiro atoms. The van der Waals surface area contributed by atoms with Crippen molar-refractivity contribution < 1.29 is 4.79 Å². The highest BCUT2D eigenvalue weighted by Gasteiger charge is 2.34. The van der Waals surface area contributed by atoms with Crippen LogP contribution in [-0.4, -0.2) is 45.0 Å². The number of hydrogen-bond donors (Lipinski definition) is 0. The standard InChI is InChI=1S/C20H27N5O/c1-14(2)18-17-7-6-10-23(17)11-12-25(18)19(26)16-13-21-20(22-15(16)3)24-8-4-5-9-24/h6-7,10,13-14,18H,4-5,8-9,11-12H2,1-3H3/t18-/m0/s1. The van der Waals surface area contributed by atoms with Crippen LogP contribution in [0.2, 0.25) is 0 Å². The molecule has 0 radical (unpaired) electrons. The van der Waals surface area contributed by atoms with Crippen LogP contribution in [0.15, 0.2) is 24.5 Å². The maximum absolute atomic E-state index is 13.3. The molecule has 2 aliphatic rings.